The molecule has 1 aromatic heterocycles. The van der Waals surface area contributed by atoms with Crippen LogP contribution in [0.1, 0.15) is 36.4 Å². The zero-order valence-electron chi connectivity index (χ0n) is 16.0. The third-order valence-electron chi connectivity index (χ3n) is 5.29. The van der Waals surface area contributed by atoms with Crippen LogP contribution >= 0.6 is 11.3 Å². The Hall–Kier alpha value is -3.00. The van der Waals surface area contributed by atoms with Crippen molar-refractivity contribution in [1.29, 1.82) is 0 Å². The van der Waals surface area contributed by atoms with Gasteiger partial charge in [0.15, 0.2) is 6.61 Å². The van der Waals surface area contributed by atoms with E-state index in [-0.39, 0.29) is 5.91 Å². The SMILES string of the molecule is Cc1nc(/C=C/C(=O)OCC(=O)N2c3ccccc3NC(=O)C23CCCC3)cs1. The Morgan fingerprint density at radius 2 is 2.07 bits per heavy atom. The highest BCUT2D eigenvalue weighted by Gasteiger charge is 2.52. The molecule has 1 aliphatic heterocycles. The van der Waals surface area contributed by atoms with Crippen LogP contribution in [0, 0.1) is 6.92 Å². The number of fused-ring (bicyclic) bond motifs is 1. The van der Waals surface area contributed by atoms with Gasteiger partial charge in [-0.3, -0.25) is 14.5 Å². The summed E-state index contributed by atoms with van der Waals surface area (Å²) in [5, 5.41) is 5.66. The molecular formula is C21H21N3O4S. The maximum Gasteiger partial charge on any atom is 0.331 e. The summed E-state index contributed by atoms with van der Waals surface area (Å²) in [7, 11) is 0. The second-order valence-electron chi connectivity index (χ2n) is 7.17. The Bertz CT molecular complexity index is 991. The van der Waals surface area contributed by atoms with Crippen LogP contribution in [0.3, 0.4) is 0 Å². The monoisotopic (exact) mass is 411 g/mol. The van der Waals surface area contributed by atoms with Crippen molar-refractivity contribution in [2.45, 2.75) is 38.1 Å². The van der Waals surface area contributed by atoms with Gasteiger partial charge in [-0.1, -0.05) is 25.0 Å². The summed E-state index contributed by atoms with van der Waals surface area (Å²) in [6.45, 7) is 1.45. The van der Waals surface area contributed by atoms with Crippen molar-refractivity contribution in [3.8, 4) is 0 Å². The minimum atomic E-state index is -0.911. The number of hydrogen-bond acceptors (Lipinski definition) is 6. The van der Waals surface area contributed by atoms with E-state index in [1.165, 1.54) is 22.3 Å². The highest BCUT2D eigenvalue weighted by Crippen LogP contribution is 2.45. The van der Waals surface area contributed by atoms with Gasteiger partial charge in [-0.05, 0) is 38.0 Å². The lowest BCUT2D eigenvalue weighted by Gasteiger charge is -2.44. The van der Waals surface area contributed by atoms with E-state index in [9.17, 15) is 14.4 Å². The third kappa shape index (κ3) is 3.67. The van der Waals surface area contributed by atoms with E-state index in [4.69, 9.17) is 4.74 Å². The number of carbonyl (C=O) groups is 3. The van der Waals surface area contributed by atoms with Crippen molar-refractivity contribution in [3.05, 3.63) is 46.4 Å². The van der Waals surface area contributed by atoms with Gasteiger partial charge < -0.3 is 10.1 Å². The first-order valence-corrected chi connectivity index (χ1v) is 10.4. The van der Waals surface area contributed by atoms with E-state index < -0.39 is 24.0 Å². The summed E-state index contributed by atoms with van der Waals surface area (Å²) in [6, 6.07) is 7.20. The van der Waals surface area contributed by atoms with Gasteiger partial charge >= 0.3 is 5.97 Å². The molecule has 2 amide bonds. The van der Waals surface area contributed by atoms with Gasteiger partial charge in [0.25, 0.3) is 11.8 Å². The van der Waals surface area contributed by atoms with Gasteiger partial charge in [0, 0.05) is 11.5 Å². The predicted molar refractivity (Wildman–Crippen MR) is 111 cm³/mol. The van der Waals surface area contributed by atoms with Gasteiger partial charge in [-0.25, -0.2) is 9.78 Å². The zero-order valence-corrected chi connectivity index (χ0v) is 16.8. The van der Waals surface area contributed by atoms with Crippen LogP contribution in [0.25, 0.3) is 6.08 Å². The van der Waals surface area contributed by atoms with Crippen molar-refractivity contribution in [2.75, 3.05) is 16.8 Å². The number of anilines is 2. The molecule has 0 saturated heterocycles. The molecule has 0 radical (unpaired) electrons. The molecule has 2 aliphatic rings. The van der Waals surface area contributed by atoms with E-state index in [1.54, 1.807) is 24.3 Å². The van der Waals surface area contributed by atoms with E-state index >= 15 is 0 Å². The highest BCUT2D eigenvalue weighted by molar-refractivity contribution is 7.09. The molecule has 2 heterocycles. The number of rotatable bonds is 4. The minimum absolute atomic E-state index is 0.174. The first-order chi connectivity index (χ1) is 14.0. The smallest absolute Gasteiger partial charge is 0.331 e. The number of esters is 1. The fourth-order valence-corrected chi connectivity index (χ4v) is 4.57. The molecule has 8 heteroatoms. The van der Waals surface area contributed by atoms with E-state index in [0.29, 0.717) is 29.9 Å². The average Bonchev–Trinajstić information content (AvgIpc) is 3.35. The average molecular weight is 411 g/mol. The van der Waals surface area contributed by atoms with Crippen molar-refractivity contribution in [1.82, 2.24) is 4.98 Å². The molecular weight excluding hydrogens is 390 g/mol. The Morgan fingerprint density at radius 1 is 1.31 bits per heavy atom. The number of thiazole rings is 1. The molecule has 1 saturated carbocycles. The van der Waals surface area contributed by atoms with Gasteiger partial charge in [-0.2, -0.15) is 0 Å². The lowest BCUT2D eigenvalue weighted by molar-refractivity contribution is -0.143. The second kappa shape index (κ2) is 7.79. The molecule has 2 aromatic rings. The maximum absolute atomic E-state index is 13.1. The van der Waals surface area contributed by atoms with Crippen LogP contribution < -0.4 is 10.2 Å². The Balaban J connectivity index is 1.51. The summed E-state index contributed by atoms with van der Waals surface area (Å²) in [5.41, 5.74) is 0.991. The maximum atomic E-state index is 13.1. The molecule has 150 valence electrons. The quantitative estimate of drug-likeness (QED) is 0.616. The van der Waals surface area contributed by atoms with E-state index in [1.807, 2.05) is 18.4 Å². The first-order valence-electron chi connectivity index (χ1n) is 9.50. The number of amides is 2. The fourth-order valence-electron chi connectivity index (χ4n) is 3.98. The summed E-state index contributed by atoms with van der Waals surface area (Å²) in [4.78, 5) is 43.8. The van der Waals surface area contributed by atoms with Crippen LogP contribution in [0.5, 0.6) is 0 Å². The number of nitrogens with one attached hydrogen (secondary N) is 1. The number of hydrogen-bond donors (Lipinski definition) is 1. The molecule has 29 heavy (non-hydrogen) atoms. The number of nitrogens with zero attached hydrogens (tertiary/aromatic N) is 2. The molecule has 1 aliphatic carbocycles. The van der Waals surface area contributed by atoms with Gasteiger partial charge in [0.1, 0.15) is 5.54 Å². The molecule has 1 N–H and O–H groups in total. The van der Waals surface area contributed by atoms with Crippen molar-refractivity contribution in [2.24, 2.45) is 0 Å². The fraction of sp³-hybridized carbons (Fsp3) is 0.333. The van der Waals surface area contributed by atoms with Crippen LogP contribution in [-0.2, 0) is 19.1 Å². The van der Waals surface area contributed by atoms with Gasteiger partial charge in [0.2, 0.25) is 0 Å². The van der Waals surface area contributed by atoms with Crippen molar-refractivity contribution in [3.63, 3.8) is 0 Å². The van der Waals surface area contributed by atoms with Crippen LogP contribution in [0.4, 0.5) is 11.4 Å². The number of ether oxygens (including phenoxy) is 1. The Labute approximate surface area is 172 Å². The standard InChI is InChI=1S/C21H21N3O4S/c1-14-22-15(13-29-14)8-9-19(26)28-12-18(25)24-17-7-3-2-6-16(17)23-20(27)21(24)10-4-5-11-21/h2-3,6-9,13H,4-5,10-12H2,1H3,(H,23,27)/b9-8+. The third-order valence-corrected chi connectivity index (χ3v) is 6.08. The highest BCUT2D eigenvalue weighted by atomic mass is 32.1. The summed E-state index contributed by atoms with van der Waals surface area (Å²) < 4.78 is 5.17. The summed E-state index contributed by atoms with van der Waals surface area (Å²) in [6.07, 6.45) is 5.73. The van der Waals surface area contributed by atoms with E-state index in [2.05, 4.69) is 10.3 Å². The molecule has 4 rings (SSSR count). The number of para-hydroxylation sites is 2. The number of benzene rings is 1. The van der Waals surface area contributed by atoms with Crippen LogP contribution in [-0.4, -0.2) is 34.9 Å². The van der Waals surface area contributed by atoms with Crippen LogP contribution in [0.15, 0.2) is 35.7 Å². The molecule has 1 fully saturated rings. The molecule has 1 spiro atoms. The van der Waals surface area contributed by atoms with Crippen molar-refractivity contribution >= 4 is 46.6 Å². The lowest BCUT2D eigenvalue weighted by atomic mass is 9.90. The number of aryl methyl sites for hydroxylation is 1. The molecule has 1 aromatic carbocycles. The number of aromatic nitrogens is 1. The normalized spacial score (nSPS) is 17.4. The van der Waals surface area contributed by atoms with Gasteiger partial charge in [0.05, 0.1) is 22.1 Å². The largest absolute Gasteiger partial charge is 0.452 e. The number of carbonyl (C=O) groups excluding carboxylic acids is 3. The second-order valence-corrected chi connectivity index (χ2v) is 8.23. The molecule has 0 atom stereocenters. The topological polar surface area (TPSA) is 88.6 Å². The predicted octanol–water partition coefficient (Wildman–Crippen LogP) is 3.31. The first kappa shape index (κ1) is 19.3. The minimum Gasteiger partial charge on any atom is -0.452 e. The summed E-state index contributed by atoms with van der Waals surface area (Å²) >= 11 is 1.48. The Morgan fingerprint density at radius 3 is 2.79 bits per heavy atom. The molecule has 0 unspecified atom stereocenters. The van der Waals surface area contributed by atoms with Crippen LogP contribution in [0.2, 0.25) is 0 Å². The zero-order chi connectivity index (χ0) is 20.4. The van der Waals surface area contributed by atoms with Crippen molar-refractivity contribution < 1.29 is 19.1 Å². The lowest BCUT2D eigenvalue weighted by Crippen LogP contribution is -2.61. The molecule has 7 nitrogen and oxygen atoms in total. The molecule has 0 bridgehead atoms. The Kier molecular flexibility index (Phi) is 5.19. The van der Waals surface area contributed by atoms with E-state index in [0.717, 1.165) is 17.8 Å². The van der Waals surface area contributed by atoms with Gasteiger partial charge in [-0.15, -0.1) is 11.3 Å². The summed E-state index contributed by atoms with van der Waals surface area (Å²) in [5.74, 6) is -1.20.